The number of ketones is 1. The van der Waals surface area contributed by atoms with Crippen molar-refractivity contribution in [1.82, 2.24) is 0 Å². The molecule has 1 heterocycles. The third-order valence-electron chi connectivity index (χ3n) is 4.05. The molecule has 1 aliphatic carbocycles. The molecule has 1 saturated heterocycles. The summed E-state index contributed by atoms with van der Waals surface area (Å²) in [6.45, 7) is 0. The number of allylic oxidation sites excluding steroid dienone is 2. The zero-order valence-corrected chi connectivity index (χ0v) is 12.9. The summed E-state index contributed by atoms with van der Waals surface area (Å²) < 4.78 is 0. The van der Waals surface area contributed by atoms with Crippen molar-refractivity contribution in [2.75, 3.05) is 5.75 Å². The Bertz CT molecular complexity index is 651. The van der Waals surface area contributed by atoms with Crippen LogP contribution >= 0.6 is 11.8 Å². The van der Waals surface area contributed by atoms with Crippen LogP contribution in [0, 0.1) is 0 Å². The third kappa shape index (κ3) is 3.14. The van der Waals surface area contributed by atoms with Gasteiger partial charge in [0.05, 0.1) is 5.57 Å². The van der Waals surface area contributed by atoms with Crippen LogP contribution in [0.1, 0.15) is 30.7 Å². The zero-order valence-electron chi connectivity index (χ0n) is 12.1. The van der Waals surface area contributed by atoms with Crippen LogP contribution in [-0.4, -0.2) is 34.0 Å². The molecule has 22 heavy (non-hydrogen) atoms. The minimum Gasteiger partial charge on any atom is -0.511 e. The molecule has 5 heteroatoms. The highest BCUT2D eigenvalue weighted by Crippen LogP contribution is 2.33. The molecule has 4 nitrogen and oxygen atoms in total. The van der Waals surface area contributed by atoms with E-state index in [1.54, 1.807) is 0 Å². The summed E-state index contributed by atoms with van der Waals surface area (Å²) in [6.07, 6.45) is 2.90. The smallest absolute Gasteiger partial charge is 0.213 e. The fraction of sp³-hybridized carbons (Fsp3) is 0.353. The molecule has 0 spiro atoms. The van der Waals surface area contributed by atoms with E-state index in [-0.39, 0.29) is 34.2 Å². The Morgan fingerprint density at radius 2 is 1.95 bits per heavy atom. The SMILES string of the molecule is O=C1CC(c2ccccc2)CC(O)=C1C=NC1CCSC1=O. The van der Waals surface area contributed by atoms with Crippen LogP contribution in [0.4, 0.5) is 0 Å². The van der Waals surface area contributed by atoms with Crippen molar-refractivity contribution in [3.63, 3.8) is 0 Å². The fourth-order valence-corrected chi connectivity index (χ4v) is 3.72. The summed E-state index contributed by atoms with van der Waals surface area (Å²) in [5.74, 6) is 0.747. The van der Waals surface area contributed by atoms with E-state index in [4.69, 9.17) is 0 Å². The molecule has 1 N–H and O–H groups in total. The molecule has 2 aliphatic rings. The molecule has 3 rings (SSSR count). The van der Waals surface area contributed by atoms with Gasteiger partial charge in [0.25, 0.3) is 0 Å². The summed E-state index contributed by atoms with van der Waals surface area (Å²) in [4.78, 5) is 28.0. The first-order chi connectivity index (χ1) is 10.6. The lowest BCUT2D eigenvalue weighted by Gasteiger charge is -2.22. The van der Waals surface area contributed by atoms with Gasteiger partial charge in [-0.1, -0.05) is 42.1 Å². The highest BCUT2D eigenvalue weighted by molar-refractivity contribution is 8.14. The number of rotatable bonds is 3. The summed E-state index contributed by atoms with van der Waals surface area (Å²) >= 11 is 1.28. The Labute approximate surface area is 133 Å². The molecule has 2 unspecified atom stereocenters. The Kier molecular flexibility index (Phi) is 4.43. The molecule has 0 amide bonds. The summed E-state index contributed by atoms with van der Waals surface area (Å²) in [5.41, 5.74) is 1.32. The average molecular weight is 315 g/mol. The number of aliphatic hydroxyl groups is 1. The van der Waals surface area contributed by atoms with Crippen LogP contribution in [0.15, 0.2) is 46.7 Å². The van der Waals surface area contributed by atoms with Gasteiger partial charge in [-0.25, -0.2) is 0 Å². The maximum Gasteiger partial charge on any atom is 0.213 e. The number of benzene rings is 1. The Hall–Kier alpha value is -1.88. The van der Waals surface area contributed by atoms with Crippen LogP contribution in [0.25, 0.3) is 0 Å². The van der Waals surface area contributed by atoms with E-state index in [1.807, 2.05) is 30.3 Å². The molecule has 2 atom stereocenters. The first kappa shape index (κ1) is 15.0. The Morgan fingerprint density at radius 1 is 1.18 bits per heavy atom. The molecule has 0 aromatic heterocycles. The predicted octanol–water partition coefficient (Wildman–Crippen LogP) is 3.05. The standard InChI is InChI=1S/C17H17NO3S/c19-15-8-12(11-4-2-1-3-5-11)9-16(20)13(15)10-18-14-6-7-22-17(14)21/h1-5,10,12,14,19H,6-9H2. The molecule has 0 radical (unpaired) electrons. The van der Waals surface area contributed by atoms with Crippen molar-refractivity contribution in [2.45, 2.75) is 31.2 Å². The number of Topliss-reactive ketones (excluding diaryl/α,β-unsaturated/α-hetero) is 1. The van der Waals surface area contributed by atoms with Gasteiger partial charge in [-0.2, -0.15) is 0 Å². The van der Waals surface area contributed by atoms with Crippen LogP contribution in [0.3, 0.4) is 0 Å². The van der Waals surface area contributed by atoms with Gasteiger partial charge in [0.1, 0.15) is 11.8 Å². The lowest BCUT2D eigenvalue weighted by atomic mass is 9.83. The van der Waals surface area contributed by atoms with Crippen LogP contribution in [-0.2, 0) is 9.59 Å². The second kappa shape index (κ2) is 6.48. The molecule has 114 valence electrons. The van der Waals surface area contributed by atoms with Crippen molar-refractivity contribution >= 4 is 28.9 Å². The molecule has 0 saturated carbocycles. The van der Waals surface area contributed by atoms with Gasteiger partial charge in [-0.15, -0.1) is 0 Å². The minimum absolute atomic E-state index is 0.00881. The topological polar surface area (TPSA) is 66.7 Å². The highest BCUT2D eigenvalue weighted by atomic mass is 32.2. The number of thioether (sulfide) groups is 1. The number of carbonyl (C=O) groups excluding carboxylic acids is 2. The van der Waals surface area contributed by atoms with Gasteiger partial charge in [0.15, 0.2) is 5.78 Å². The van der Waals surface area contributed by atoms with Crippen molar-refractivity contribution in [2.24, 2.45) is 4.99 Å². The van der Waals surface area contributed by atoms with E-state index in [0.29, 0.717) is 19.3 Å². The van der Waals surface area contributed by atoms with Gasteiger partial charge in [0.2, 0.25) is 5.12 Å². The fourth-order valence-electron chi connectivity index (χ4n) is 2.80. The average Bonchev–Trinajstić information content (AvgIpc) is 2.92. The van der Waals surface area contributed by atoms with E-state index in [9.17, 15) is 14.7 Å². The second-order valence-corrected chi connectivity index (χ2v) is 6.65. The van der Waals surface area contributed by atoms with Crippen molar-refractivity contribution in [1.29, 1.82) is 0 Å². The molecule has 1 aliphatic heterocycles. The van der Waals surface area contributed by atoms with E-state index in [1.165, 1.54) is 18.0 Å². The first-order valence-electron chi connectivity index (χ1n) is 7.35. The first-order valence-corrected chi connectivity index (χ1v) is 8.34. The molecule has 0 bridgehead atoms. The van der Waals surface area contributed by atoms with Gasteiger partial charge >= 0.3 is 0 Å². The van der Waals surface area contributed by atoms with Crippen LogP contribution < -0.4 is 0 Å². The predicted molar refractivity (Wildman–Crippen MR) is 87.4 cm³/mol. The van der Waals surface area contributed by atoms with Crippen molar-refractivity contribution in [3.05, 3.63) is 47.2 Å². The molecular weight excluding hydrogens is 298 g/mol. The quantitative estimate of drug-likeness (QED) is 0.871. The van der Waals surface area contributed by atoms with Gasteiger partial charge in [0, 0.05) is 24.8 Å². The lowest BCUT2D eigenvalue weighted by molar-refractivity contribution is -0.116. The number of nitrogens with zero attached hydrogens (tertiary/aromatic N) is 1. The summed E-state index contributed by atoms with van der Waals surface area (Å²) in [6, 6.07) is 9.36. The van der Waals surface area contributed by atoms with E-state index in [2.05, 4.69) is 4.99 Å². The maximum absolute atomic E-state index is 12.3. The molecule has 1 aromatic rings. The lowest BCUT2D eigenvalue weighted by Crippen LogP contribution is -2.20. The molecule has 1 fully saturated rings. The maximum atomic E-state index is 12.3. The molecular formula is C17H17NO3S. The van der Waals surface area contributed by atoms with Gasteiger partial charge in [-0.05, 0) is 17.9 Å². The molecule has 1 aromatic carbocycles. The van der Waals surface area contributed by atoms with Gasteiger partial charge in [-0.3, -0.25) is 14.6 Å². The van der Waals surface area contributed by atoms with E-state index in [0.717, 1.165) is 11.3 Å². The summed E-state index contributed by atoms with van der Waals surface area (Å²) in [7, 11) is 0. The van der Waals surface area contributed by atoms with Crippen molar-refractivity contribution in [3.8, 4) is 0 Å². The second-order valence-electron chi connectivity index (χ2n) is 5.55. The largest absolute Gasteiger partial charge is 0.511 e. The van der Waals surface area contributed by atoms with Crippen LogP contribution in [0.2, 0.25) is 0 Å². The van der Waals surface area contributed by atoms with Gasteiger partial charge < -0.3 is 5.11 Å². The van der Waals surface area contributed by atoms with E-state index < -0.39 is 0 Å². The number of hydrogen-bond donors (Lipinski definition) is 1. The Balaban J connectivity index is 1.76. The summed E-state index contributed by atoms with van der Waals surface area (Å²) in [5, 5.41) is 10.2. The van der Waals surface area contributed by atoms with Crippen LogP contribution in [0.5, 0.6) is 0 Å². The van der Waals surface area contributed by atoms with Crippen molar-refractivity contribution < 1.29 is 14.7 Å². The number of carbonyl (C=O) groups is 2. The number of hydrogen-bond acceptors (Lipinski definition) is 5. The minimum atomic E-state index is -0.370. The zero-order chi connectivity index (χ0) is 15.5. The normalized spacial score (nSPS) is 26.2. The monoisotopic (exact) mass is 315 g/mol. The Morgan fingerprint density at radius 3 is 2.59 bits per heavy atom. The number of aliphatic hydroxyl groups excluding tert-OH is 1. The third-order valence-corrected chi connectivity index (χ3v) is 5.04. The highest BCUT2D eigenvalue weighted by Gasteiger charge is 2.29. The number of aliphatic imine (C=N–C) groups is 1. The van der Waals surface area contributed by atoms with E-state index >= 15 is 0 Å².